The molecule has 2 aromatic rings. The lowest BCUT2D eigenvalue weighted by Crippen LogP contribution is -2.15. The molecule has 0 aliphatic rings. The molecule has 1 amide bonds. The van der Waals surface area contributed by atoms with E-state index in [-0.39, 0.29) is 18.3 Å². The van der Waals surface area contributed by atoms with Crippen LogP contribution in [0.2, 0.25) is 0 Å². The second kappa shape index (κ2) is 9.68. The summed E-state index contributed by atoms with van der Waals surface area (Å²) in [7, 11) is 0. The van der Waals surface area contributed by atoms with Gasteiger partial charge in [-0.15, -0.1) is 0 Å². The molecule has 1 aromatic carbocycles. The number of nitrogens with two attached hydrogens (primary N) is 1. The van der Waals surface area contributed by atoms with Gasteiger partial charge in [0.1, 0.15) is 5.82 Å². The molecule has 1 heterocycles. The number of nitrogens with one attached hydrogen (secondary N) is 1. The van der Waals surface area contributed by atoms with Crippen molar-refractivity contribution in [2.24, 2.45) is 5.73 Å². The van der Waals surface area contributed by atoms with Crippen molar-refractivity contribution in [2.45, 2.75) is 33.7 Å². The van der Waals surface area contributed by atoms with Gasteiger partial charge in [-0.3, -0.25) is 14.6 Å². The van der Waals surface area contributed by atoms with E-state index in [0.29, 0.717) is 0 Å². The maximum absolute atomic E-state index is 12.6. The van der Waals surface area contributed by atoms with Gasteiger partial charge in [-0.2, -0.15) is 0 Å². The van der Waals surface area contributed by atoms with Gasteiger partial charge in [-0.05, 0) is 24.3 Å². The van der Waals surface area contributed by atoms with E-state index in [1.165, 1.54) is 23.7 Å². The summed E-state index contributed by atoms with van der Waals surface area (Å²) in [5.74, 6) is -0.650. The zero-order valence-electron chi connectivity index (χ0n) is 12.2. The van der Waals surface area contributed by atoms with E-state index in [1.807, 2.05) is 13.8 Å². The first-order valence-corrected chi connectivity index (χ1v) is 6.43. The largest absolute Gasteiger partial charge is 0.370 e. The van der Waals surface area contributed by atoms with Gasteiger partial charge in [0.15, 0.2) is 0 Å². The molecule has 0 saturated carbocycles. The van der Waals surface area contributed by atoms with E-state index in [2.05, 4.69) is 10.8 Å². The Morgan fingerprint density at radius 3 is 2.10 bits per heavy atom. The third kappa shape index (κ3) is 7.86. The van der Waals surface area contributed by atoms with Gasteiger partial charge in [0.25, 0.3) is 6.43 Å². The number of benzene rings is 1. The van der Waals surface area contributed by atoms with E-state index < -0.39 is 6.43 Å². The minimum atomic E-state index is -2.37. The second-order valence-electron chi connectivity index (χ2n) is 3.82. The van der Waals surface area contributed by atoms with Crippen LogP contribution in [0, 0.1) is 5.82 Å². The lowest BCUT2D eigenvalue weighted by molar-refractivity contribution is -0.115. The van der Waals surface area contributed by atoms with Gasteiger partial charge in [0.2, 0.25) is 5.91 Å². The summed E-state index contributed by atoms with van der Waals surface area (Å²) in [6.45, 7) is 4.96. The van der Waals surface area contributed by atoms with Crippen LogP contribution in [0.1, 0.15) is 20.8 Å². The molecule has 4 nitrogen and oxygen atoms in total. The highest BCUT2D eigenvalue weighted by Crippen LogP contribution is 2.18. The molecule has 0 fully saturated rings. The number of hydrogen-bond acceptors (Lipinski definition) is 1. The van der Waals surface area contributed by atoms with Crippen molar-refractivity contribution in [2.75, 3.05) is 0 Å². The number of alkyl halides is 2. The Morgan fingerprint density at radius 1 is 1.29 bits per heavy atom. The fourth-order valence-electron chi connectivity index (χ4n) is 1.32. The number of primary amides is 1. The highest BCUT2D eigenvalue weighted by Gasteiger charge is 2.08. The average Bonchev–Trinajstić information content (AvgIpc) is 2.36. The van der Waals surface area contributed by atoms with E-state index in [9.17, 15) is 18.0 Å². The normalized spacial score (nSPS) is 9.48. The first-order valence-electron chi connectivity index (χ1n) is 6.43. The number of rotatable bonds is 3. The summed E-state index contributed by atoms with van der Waals surface area (Å²) in [5.41, 5.74) is 5.97. The molecule has 2 rings (SSSR count). The molecule has 0 aliphatic heterocycles. The highest BCUT2D eigenvalue weighted by atomic mass is 19.3. The lowest BCUT2D eigenvalue weighted by atomic mass is 10.1. The van der Waals surface area contributed by atoms with Gasteiger partial charge >= 0.3 is 0 Å². The van der Waals surface area contributed by atoms with Crippen molar-refractivity contribution < 1.29 is 18.0 Å². The Hall–Kier alpha value is -2.18. The number of carbonyl (C=O) groups is 1. The molecule has 7 heteroatoms. The van der Waals surface area contributed by atoms with Crippen LogP contribution in [0.25, 0.3) is 11.3 Å². The van der Waals surface area contributed by atoms with Crippen LogP contribution >= 0.6 is 0 Å². The number of nitrogens with zero attached hydrogens (tertiary/aromatic N) is 1. The minimum absolute atomic E-state index is 0.317. The van der Waals surface area contributed by atoms with E-state index in [4.69, 9.17) is 0 Å². The van der Waals surface area contributed by atoms with Gasteiger partial charge in [-0.25, -0.2) is 13.2 Å². The van der Waals surface area contributed by atoms with Crippen LogP contribution in [0.3, 0.4) is 0 Å². The molecule has 0 atom stereocenters. The molecule has 0 unspecified atom stereocenters. The zero-order chi connectivity index (χ0) is 16.4. The van der Waals surface area contributed by atoms with E-state index >= 15 is 0 Å². The topological polar surface area (TPSA) is 63.8 Å². The number of halogens is 3. The molecule has 3 N–H and O–H groups in total. The standard InChI is InChI=1S/C10H9F3N2.C2H5NO.C2H6/c11-8-3-1-7(2-4-8)9-5-15(14-9)6-10(12)13;1-2(3)4;1-2/h1-5,10,14H,6H2;1H3,(H2,3,4);1-2H3. The Bertz CT molecular complexity index is 502. The molecule has 0 radical (unpaired) electrons. The molecular weight excluding hydrogens is 283 g/mol. The van der Waals surface area contributed by atoms with Gasteiger partial charge in [-0.1, -0.05) is 13.8 Å². The highest BCUT2D eigenvalue weighted by molar-refractivity contribution is 5.70. The van der Waals surface area contributed by atoms with Crippen LogP contribution in [-0.2, 0) is 11.3 Å². The summed E-state index contributed by atoms with van der Waals surface area (Å²) in [4.78, 5) is 9.22. The Morgan fingerprint density at radius 2 is 1.71 bits per heavy atom. The Labute approximate surface area is 121 Å². The number of aromatic nitrogens is 2. The summed E-state index contributed by atoms with van der Waals surface area (Å²) in [5, 5.41) is 2.74. The number of hydrogen-bond donors (Lipinski definition) is 2. The minimum Gasteiger partial charge on any atom is -0.370 e. The van der Waals surface area contributed by atoms with Gasteiger partial charge < -0.3 is 5.73 Å². The first kappa shape index (κ1) is 18.8. The van der Waals surface area contributed by atoms with Crippen molar-refractivity contribution in [3.63, 3.8) is 0 Å². The summed E-state index contributed by atoms with van der Waals surface area (Å²) in [6, 6.07) is 5.84. The van der Waals surface area contributed by atoms with Crippen molar-refractivity contribution in [3.8, 4) is 11.3 Å². The zero-order valence-corrected chi connectivity index (χ0v) is 12.2. The molecule has 21 heavy (non-hydrogen) atoms. The quantitative estimate of drug-likeness (QED) is 0.896. The molecule has 0 bridgehead atoms. The van der Waals surface area contributed by atoms with Crippen LogP contribution in [0.5, 0.6) is 0 Å². The second-order valence-corrected chi connectivity index (χ2v) is 3.82. The summed E-state index contributed by atoms with van der Waals surface area (Å²) in [6.07, 6.45) is -0.803. The predicted molar refractivity (Wildman–Crippen MR) is 76.4 cm³/mol. The molecule has 0 aliphatic carbocycles. The molecule has 0 spiro atoms. The predicted octanol–water partition coefficient (Wildman–Crippen LogP) is 3.41. The van der Waals surface area contributed by atoms with Crippen molar-refractivity contribution >= 4 is 5.91 Å². The third-order valence-corrected chi connectivity index (χ3v) is 2.04. The molecular formula is C14H20F3N3O. The van der Waals surface area contributed by atoms with Crippen molar-refractivity contribution in [3.05, 3.63) is 36.3 Å². The number of carbonyl (C=O) groups excluding carboxylic acids is 1. The van der Waals surface area contributed by atoms with Crippen LogP contribution < -0.4 is 5.73 Å². The average molecular weight is 303 g/mol. The number of H-pyrrole nitrogens is 1. The van der Waals surface area contributed by atoms with Crippen molar-refractivity contribution in [1.82, 2.24) is 9.78 Å². The van der Waals surface area contributed by atoms with Crippen LogP contribution in [0.15, 0.2) is 30.5 Å². The fraction of sp³-hybridized carbons (Fsp3) is 0.357. The first-order chi connectivity index (χ1) is 9.88. The lowest BCUT2D eigenvalue weighted by Gasteiger charge is -2.15. The smallest absolute Gasteiger partial charge is 0.257 e. The van der Waals surface area contributed by atoms with E-state index in [1.54, 1.807) is 18.3 Å². The van der Waals surface area contributed by atoms with Crippen molar-refractivity contribution in [1.29, 1.82) is 0 Å². The van der Waals surface area contributed by atoms with E-state index in [0.717, 1.165) is 11.3 Å². The third-order valence-electron chi connectivity index (χ3n) is 2.04. The Kier molecular flexibility index (Phi) is 8.68. The Balaban J connectivity index is 0.000000579. The van der Waals surface area contributed by atoms with Crippen LogP contribution in [-0.4, -0.2) is 22.1 Å². The molecule has 118 valence electrons. The SMILES string of the molecule is CC.CC(N)=O.Fc1ccc(-c2cn(CC(F)F)[nH]2)cc1. The molecule has 0 saturated heterocycles. The summed E-state index contributed by atoms with van der Waals surface area (Å²) >= 11 is 0. The fourth-order valence-corrected chi connectivity index (χ4v) is 1.32. The van der Waals surface area contributed by atoms with Crippen LogP contribution in [0.4, 0.5) is 13.2 Å². The maximum atomic E-state index is 12.6. The van der Waals surface area contributed by atoms with Gasteiger partial charge in [0.05, 0.1) is 12.2 Å². The maximum Gasteiger partial charge on any atom is 0.257 e. The van der Waals surface area contributed by atoms with Gasteiger partial charge in [0, 0.05) is 18.7 Å². The number of amides is 1. The number of aromatic amines is 1. The summed E-state index contributed by atoms with van der Waals surface area (Å²) < 4.78 is 37.7. The monoisotopic (exact) mass is 303 g/mol. The molecule has 1 aromatic heterocycles.